The molecule has 0 spiro atoms. The zero-order valence-corrected chi connectivity index (χ0v) is 23.1. The average Bonchev–Trinajstić information content (AvgIpc) is 3.14. The largest absolute Gasteiger partial charge is 0.492 e. The lowest BCUT2D eigenvalue weighted by Crippen LogP contribution is -2.32. The first-order valence-corrected chi connectivity index (χ1v) is 14.3. The van der Waals surface area contributed by atoms with Crippen LogP contribution >= 0.6 is 35.0 Å². The van der Waals surface area contributed by atoms with Crippen LogP contribution in [-0.4, -0.2) is 44.2 Å². The summed E-state index contributed by atoms with van der Waals surface area (Å²) in [6.45, 7) is 2.12. The number of para-hydroxylation sites is 1. The minimum atomic E-state index is -4.24. The van der Waals surface area contributed by atoms with Gasteiger partial charge in [-0.2, -0.15) is 8.42 Å². The normalized spacial score (nSPS) is 14.7. The number of hydrogen-bond donors (Lipinski definition) is 0. The van der Waals surface area contributed by atoms with E-state index in [1.807, 2.05) is 18.2 Å². The molecule has 2 amide bonds. The van der Waals surface area contributed by atoms with Gasteiger partial charge in [0.25, 0.3) is 11.1 Å². The Morgan fingerprint density at radius 3 is 2.37 bits per heavy atom. The Balaban J connectivity index is 1.53. The number of rotatable bonds is 10. The van der Waals surface area contributed by atoms with Gasteiger partial charge < -0.3 is 13.7 Å². The Kier molecular flexibility index (Phi) is 8.88. The molecule has 0 N–H and O–H groups in total. The van der Waals surface area contributed by atoms with E-state index < -0.39 is 21.3 Å². The number of ether oxygens (including phenoxy) is 2. The quantitative estimate of drug-likeness (QED) is 0.200. The van der Waals surface area contributed by atoms with Gasteiger partial charge in [0.05, 0.1) is 23.1 Å². The number of nitrogens with zero attached hydrogens (tertiary/aromatic N) is 1. The summed E-state index contributed by atoms with van der Waals surface area (Å²) in [5.74, 6) is 0.0101. The maximum absolute atomic E-state index is 12.9. The van der Waals surface area contributed by atoms with Crippen molar-refractivity contribution in [3.05, 3.63) is 87.2 Å². The van der Waals surface area contributed by atoms with Crippen LogP contribution in [0, 0.1) is 0 Å². The molecular formula is C26H21Cl2NO7S2. The molecule has 12 heteroatoms. The third kappa shape index (κ3) is 6.63. The molecule has 0 radical (unpaired) electrons. The van der Waals surface area contributed by atoms with Gasteiger partial charge in [-0.3, -0.25) is 14.5 Å². The van der Waals surface area contributed by atoms with E-state index in [1.54, 1.807) is 19.1 Å². The van der Waals surface area contributed by atoms with Crippen molar-refractivity contribution in [2.75, 3.05) is 19.8 Å². The molecule has 8 nitrogen and oxygen atoms in total. The molecule has 0 atom stereocenters. The summed E-state index contributed by atoms with van der Waals surface area (Å²) in [6, 6.07) is 17.4. The number of benzene rings is 3. The van der Waals surface area contributed by atoms with Gasteiger partial charge in [-0.15, -0.1) is 0 Å². The molecule has 1 aliphatic heterocycles. The van der Waals surface area contributed by atoms with Gasteiger partial charge in [0, 0.05) is 5.02 Å². The van der Waals surface area contributed by atoms with E-state index in [1.165, 1.54) is 42.5 Å². The predicted molar refractivity (Wildman–Crippen MR) is 147 cm³/mol. The Bertz CT molecular complexity index is 1480. The first-order chi connectivity index (χ1) is 18.2. The monoisotopic (exact) mass is 593 g/mol. The van der Waals surface area contributed by atoms with Crippen LogP contribution in [0.2, 0.25) is 10.0 Å². The number of carbonyl (C=O) groups is 2. The highest BCUT2D eigenvalue weighted by Crippen LogP contribution is 2.40. The van der Waals surface area contributed by atoms with Crippen LogP contribution in [0.5, 0.6) is 17.2 Å². The van der Waals surface area contributed by atoms with Crippen molar-refractivity contribution >= 4 is 62.3 Å². The molecule has 4 rings (SSSR count). The molecule has 0 aliphatic carbocycles. The zero-order chi connectivity index (χ0) is 27.3. The first-order valence-electron chi connectivity index (χ1n) is 11.3. The van der Waals surface area contributed by atoms with Crippen molar-refractivity contribution in [1.29, 1.82) is 0 Å². The van der Waals surface area contributed by atoms with Crippen LogP contribution in [0.25, 0.3) is 6.08 Å². The second kappa shape index (κ2) is 12.1. The molecule has 1 saturated heterocycles. The zero-order valence-electron chi connectivity index (χ0n) is 19.9. The maximum Gasteiger partial charge on any atom is 0.339 e. The fourth-order valence-corrected chi connectivity index (χ4v) is 5.64. The summed E-state index contributed by atoms with van der Waals surface area (Å²) in [6.07, 6.45) is 1.48. The molecule has 38 heavy (non-hydrogen) atoms. The molecule has 198 valence electrons. The van der Waals surface area contributed by atoms with Gasteiger partial charge >= 0.3 is 10.1 Å². The lowest BCUT2D eigenvalue weighted by molar-refractivity contribution is -0.123. The highest BCUT2D eigenvalue weighted by molar-refractivity contribution is 8.18. The minimum Gasteiger partial charge on any atom is -0.492 e. The lowest BCUT2D eigenvalue weighted by atomic mass is 10.2. The third-order valence-corrected chi connectivity index (χ3v) is 7.80. The van der Waals surface area contributed by atoms with Crippen LogP contribution < -0.4 is 13.7 Å². The number of amides is 2. The Morgan fingerprint density at radius 2 is 1.68 bits per heavy atom. The Hall–Kier alpha value is -3.18. The number of hydrogen-bond acceptors (Lipinski definition) is 8. The summed E-state index contributed by atoms with van der Waals surface area (Å²) >= 11 is 13.0. The van der Waals surface area contributed by atoms with Crippen molar-refractivity contribution in [1.82, 2.24) is 4.90 Å². The van der Waals surface area contributed by atoms with E-state index in [0.29, 0.717) is 16.3 Å². The van der Waals surface area contributed by atoms with Gasteiger partial charge in [-0.25, -0.2) is 0 Å². The second-order valence-corrected chi connectivity index (χ2v) is 11.1. The lowest BCUT2D eigenvalue weighted by Gasteiger charge is -2.14. The van der Waals surface area contributed by atoms with E-state index in [2.05, 4.69) is 0 Å². The van der Waals surface area contributed by atoms with Crippen molar-refractivity contribution in [3.63, 3.8) is 0 Å². The highest BCUT2D eigenvalue weighted by Gasteiger charge is 2.35. The number of imide groups is 1. The summed E-state index contributed by atoms with van der Waals surface area (Å²) in [4.78, 5) is 26.5. The van der Waals surface area contributed by atoms with Crippen molar-refractivity contribution < 1.29 is 31.7 Å². The molecule has 0 aromatic heterocycles. The van der Waals surface area contributed by atoms with Crippen molar-refractivity contribution in [2.45, 2.75) is 11.8 Å². The van der Waals surface area contributed by atoms with Gasteiger partial charge in [-0.05, 0) is 78.9 Å². The SMILES string of the molecule is CCOc1cc(/C=C2\SC(=O)N(CCOc3ccccc3)C2=O)cc(Cl)c1OS(=O)(=O)c1ccc(Cl)cc1. The Labute approximate surface area is 234 Å². The van der Waals surface area contributed by atoms with E-state index >= 15 is 0 Å². The number of carbonyl (C=O) groups excluding carboxylic acids is 2. The molecule has 3 aromatic rings. The van der Waals surface area contributed by atoms with Gasteiger partial charge in [-0.1, -0.05) is 41.4 Å². The summed E-state index contributed by atoms with van der Waals surface area (Å²) < 4.78 is 42.0. The first kappa shape index (κ1) is 27.8. The molecule has 1 aliphatic rings. The average molecular weight is 594 g/mol. The van der Waals surface area contributed by atoms with Crippen LogP contribution in [0.1, 0.15) is 12.5 Å². The van der Waals surface area contributed by atoms with Crippen molar-refractivity contribution in [2.24, 2.45) is 0 Å². The summed E-state index contributed by atoms with van der Waals surface area (Å²) in [7, 11) is -4.24. The summed E-state index contributed by atoms with van der Waals surface area (Å²) in [5, 5.41) is -0.118. The minimum absolute atomic E-state index is 0.0549. The molecular weight excluding hydrogens is 573 g/mol. The molecule has 0 saturated carbocycles. The maximum atomic E-state index is 12.9. The van der Waals surface area contributed by atoms with Crippen LogP contribution in [0.15, 0.2) is 76.5 Å². The Morgan fingerprint density at radius 1 is 0.974 bits per heavy atom. The van der Waals surface area contributed by atoms with E-state index in [9.17, 15) is 18.0 Å². The number of thioether (sulfide) groups is 1. The van der Waals surface area contributed by atoms with E-state index in [0.717, 1.165) is 16.7 Å². The number of halogens is 2. The van der Waals surface area contributed by atoms with E-state index in [4.69, 9.17) is 36.9 Å². The second-order valence-electron chi connectivity index (χ2n) is 7.75. The fourth-order valence-electron chi connectivity index (χ4n) is 3.39. The van der Waals surface area contributed by atoms with E-state index in [-0.39, 0.29) is 46.1 Å². The van der Waals surface area contributed by atoms with Gasteiger partial charge in [0.1, 0.15) is 17.3 Å². The third-order valence-electron chi connectivity index (χ3n) is 5.13. The molecule has 0 bridgehead atoms. The molecule has 3 aromatic carbocycles. The molecule has 0 unspecified atom stereocenters. The topological polar surface area (TPSA) is 99.2 Å². The van der Waals surface area contributed by atoms with Crippen molar-refractivity contribution in [3.8, 4) is 17.2 Å². The molecule has 1 fully saturated rings. The predicted octanol–water partition coefficient (Wildman–Crippen LogP) is 6.28. The summed E-state index contributed by atoms with van der Waals surface area (Å²) in [5.41, 5.74) is 0.417. The van der Waals surface area contributed by atoms with Crippen LogP contribution in [0.4, 0.5) is 4.79 Å². The highest BCUT2D eigenvalue weighted by atomic mass is 35.5. The van der Waals surface area contributed by atoms with Gasteiger partial charge in [0.15, 0.2) is 5.75 Å². The van der Waals surface area contributed by atoms with Gasteiger partial charge in [0.2, 0.25) is 5.75 Å². The standard InChI is InChI=1S/C26H21Cl2NO7S2/c1-2-34-22-15-17(14-21(28)24(22)36-38(32,33)20-10-8-18(27)9-11-20)16-23-25(30)29(26(31)37-23)12-13-35-19-6-4-3-5-7-19/h3-11,14-16H,2,12-13H2,1H3/b23-16-. The van der Waals surface area contributed by atoms with Crippen LogP contribution in [-0.2, 0) is 14.9 Å². The molecule has 1 heterocycles. The fraction of sp³-hybridized carbons (Fsp3) is 0.154. The van der Waals surface area contributed by atoms with Crippen LogP contribution in [0.3, 0.4) is 0 Å². The smallest absolute Gasteiger partial charge is 0.339 e.